The van der Waals surface area contributed by atoms with Crippen molar-refractivity contribution in [2.24, 2.45) is 0 Å². The Morgan fingerprint density at radius 1 is 1.19 bits per heavy atom. The van der Waals surface area contributed by atoms with Crippen LogP contribution in [0, 0.1) is 17.5 Å². The van der Waals surface area contributed by atoms with Crippen molar-refractivity contribution >= 4 is 23.8 Å². The minimum Gasteiger partial charge on any atom is -0.503 e. The van der Waals surface area contributed by atoms with E-state index in [0.29, 0.717) is 43.0 Å². The summed E-state index contributed by atoms with van der Waals surface area (Å²) in [7, 11) is 1.86. The molecule has 1 unspecified atom stereocenters. The van der Waals surface area contributed by atoms with Gasteiger partial charge >= 0.3 is 0 Å². The first kappa shape index (κ1) is 25.5. The zero-order valence-electron chi connectivity index (χ0n) is 19.0. The van der Waals surface area contributed by atoms with E-state index in [9.17, 15) is 32.7 Å². The summed E-state index contributed by atoms with van der Waals surface area (Å²) in [5.41, 5.74) is -0.631. The lowest BCUT2D eigenvalue weighted by Gasteiger charge is -2.25. The number of rotatable bonds is 5. The number of hydrogen-bond donors (Lipinski definition) is 2. The van der Waals surface area contributed by atoms with Gasteiger partial charge in [0.25, 0.3) is 5.91 Å². The average Bonchev–Trinajstić information content (AvgIpc) is 2.97. The van der Waals surface area contributed by atoms with Crippen molar-refractivity contribution < 1.29 is 27.9 Å². The highest BCUT2D eigenvalue weighted by Gasteiger charge is 2.27. The van der Waals surface area contributed by atoms with Gasteiger partial charge in [-0.05, 0) is 36.7 Å². The van der Waals surface area contributed by atoms with Crippen molar-refractivity contribution in [2.75, 3.05) is 13.6 Å². The van der Waals surface area contributed by atoms with Crippen molar-refractivity contribution in [3.05, 3.63) is 97.2 Å². The highest BCUT2D eigenvalue weighted by molar-refractivity contribution is 6.30. The van der Waals surface area contributed by atoms with Crippen LogP contribution in [0.25, 0.3) is 0 Å². The number of fused-ring (bicyclic) bond motifs is 1. The number of nitrogens with zero attached hydrogens (tertiary/aromatic N) is 2. The van der Waals surface area contributed by atoms with Crippen LogP contribution in [0.5, 0.6) is 5.75 Å². The largest absolute Gasteiger partial charge is 0.503 e. The molecule has 1 atom stereocenters. The number of likely N-dealkylation sites (N-methyl/N-ethyl adjacent to an activating group) is 1. The summed E-state index contributed by atoms with van der Waals surface area (Å²) >= 11 is 6.16. The third kappa shape index (κ3) is 5.00. The molecule has 7 nitrogen and oxygen atoms in total. The summed E-state index contributed by atoms with van der Waals surface area (Å²) in [6.45, 7) is 0.320. The molecule has 4 rings (SSSR count). The lowest BCUT2D eigenvalue weighted by molar-refractivity contribution is 0.0945. The number of nitrogens with one attached hydrogen (secondary N) is 1. The Morgan fingerprint density at radius 2 is 1.89 bits per heavy atom. The number of carbonyl (C=O) groups excluding carboxylic acids is 2. The van der Waals surface area contributed by atoms with Crippen LogP contribution < -0.4 is 10.7 Å². The highest BCUT2D eigenvalue weighted by atomic mass is 35.5. The van der Waals surface area contributed by atoms with Crippen LogP contribution in [0.3, 0.4) is 0 Å². The third-order valence-corrected chi connectivity index (χ3v) is 6.35. The topological polar surface area (TPSA) is 91.6 Å². The van der Waals surface area contributed by atoms with Gasteiger partial charge in [-0.25, -0.2) is 13.2 Å². The summed E-state index contributed by atoms with van der Waals surface area (Å²) in [6.07, 6.45) is 1.86. The Morgan fingerprint density at radius 3 is 2.56 bits per heavy atom. The van der Waals surface area contributed by atoms with E-state index >= 15 is 0 Å². The molecule has 2 aromatic carbocycles. The van der Waals surface area contributed by atoms with E-state index in [1.807, 2.05) is 18.0 Å². The second-order valence-corrected chi connectivity index (χ2v) is 9.07. The number of pyridine rings is 1. The molecule has 0 fully saturated rings. The van der Waals surface area contributed by atoms with E-state index in [4.69, 9.17) is 11.6 Å². The van der Waals surface area contributed by atoms with Crippen molar-refractivity contribution in [1.29, 1.82) is 0 Å². The normalized spacial score (nSPS) is 15.8. The second-order valence-electron chi connectivity index (χ2n) is 8.63. The summed E-state index contributed by atoms with van der Waals surface area (Å²) in [4.78, 5) is 39.3. The number of carbonyl (C=O) groups is 2. The van der Waals surface area contributed by atoms with Crippen LogP contribution in [-0.4, -0.2) is 40.4 Å². The molecule has 0 saturated carbocycles. The Bertz CT molecular complexity index is 1400. The molecule has 3 aromatic rings. The van der Waals surface area contributed by atoms with E-state index in [-0.39, 0.29) is 5.69 Å². The number of benzene rings is 2. The molecule has 1 aromatic heterocycles. The summed E-state index contributed by atoms with van der Waals surface area (Å²) in [5.74, 6) is -5.48. The first-order valence-corrected chi connectivity index (χ1v) is 11.3. The van der Waals surface area contributed by atoms with Crippen LogP contribution >= 0.6 is 11.6 Å². The van der Waals surface area contributed by atoms with Gasteiger partial charge < -0.3 is 19.9 Å². The van der Waals surface area contributed by atoms with Crippen LogP contribution in [0.4, 0.5) is 13.2 Å². The van der Waals surface area contributed by atoms with Gasteiger partial charge in [-0.1, -0.05) is 17.7 Å². The van der Waals surface area contributed by atoms with Crippen molar-refractivity contribution in [2.45, 2.75) is 25.6 Å². The van der Waals surface area contributed by atoms with E-state index in [2.05, 4.69) is 5.32 Å². The standard InChI is InChI=1S/C25H21ClF3N3O4/c1-31-9-13-2-3-15(26)4-14(13)5-17(10-31)32-11-19(23(34)24(35)22(32)12-33)25(36)30-8-18-20(28)6-16(27)7-21(18)29/h2-4,6-7,11-12,17,35H,5,8-10H2,1H3,(H,30,36). The highest BCUT2D eigenvalue weighted by Crippen LogP contribution is 2.29. The first-order chi connectivity index (χ1) is 17.1. The molecule has 1 amide bonds. The van der Waals surface area contributed by atoms with Gasteiger partial charge in [0.2, 0.25) is 5.43 Å². The SMILES string of the molecule is CN1Cc2ccc(Cl)cc2CC(n2cc(C(=O)NCc3c(F)cc(F)cc3F)c(=O)c(O)c2C=O)C1. The van der Waals surface area contributed by atoms with Crippen molar-refractivity contribution in [3.8, 4) is 5.75 Å². The Labute approximate surface area is 208 Å². The second kappa shape index (κ2) is 10.2. The fourth-order valence-corrected chi connectivity index (χ4v) is 4.57. The van der Waals surface area contributed by atoms with Crippen LogP contribution in [0.15, 0.2) is 41.3 Å². The number of aldehydes is 1. The Hall–Kier alpha value is -3.63. The van der Waals surface area contributed by atoms with Crippen LogP contribution in [0.1, 0.15) is 43.6 Å². The average molecular weight is 520 g/mol. The van der Waals surface area contributed by atoms with Gasteiger partial charge in [0.15, 0.2) is 12.0 Å². The fourth-order valence-electron chi connectivity index (χ4n) is 4.38. The number of amides is 1. The van der Waals surface area contributed by atoms with Crippen LogP contribution in [-0.2, 0) is 19.5 Å². The predicted octanol–water partition coefficient (Wildman–Crippen LogP) is 3.60. The van der Waals surface area contributed by atoms with Crippen LogP contribution in [0.2, 0.25) is 5.02 Å². The lowest BCUT2D eigenvalue weighted by Crippen LogP contribution is -2.33. The third-order valence-electron chi connectivity index (χ3n) is 6.12. The monoisotopic (exact) mass is 519 g/mol. The maximum Gasteiger partial charge on any atom is 0.257 e. The van der Waals surface area contributed by atoms with Crippen molar-refractivity contribution in [3.63, 3.8) is 0 Å². The maximum atomic E-state index is 13.9. The van der Waals surface area contributed by atoms with Gasteiger partial charge in [0.05, 0.1) is 6.04 Å². The van der Waals surface area contributed by atoms with Gasteiger partial charge in [-0.3, -0.25) is 14.4 Å². The van der Waals surface area contributed by atoms with Crippen molar-refractivity contribution in [1.82, 2.24) is 14.8 Å². The number of halogens is 4. The molecule has 1 aliphatic heterocycles. The molecule has 188 valence electrons. The molecular weight excluding hydrogens is 499 g/mol. The maximum absolute atomic E-state index is 13.9. The number of aromatic hydroxyl groups is 1. The van der Waals surface area contributed by atoms with Gasteiger partial charge in [-0.15, -0.1) is 0 Å². The van der Waals surface area contributed by atoms with Gasteiger partial charge in [0, 0.05) is 48.5 Å². The molecule has 1 aliphatic rings. The first-order valence-electron chi connectivity index (χ1n) is 10.9. The van der Waals surface area contributed by atoms with Gasteiger partial charge in [0.1, 0.15) is 28.7 Å². The molecule has 0 bridgehead atoms. The minimum absolute atomic E-state index is 0.309. The quantitative estimate of drug-likeness (QED) is 0.503. The molecule has 2 N–H and O–H groups in total. The summed E-state index contributed by atoms with van der Waals surface area (Å²) in [5, 5.41) is 13.2. The lowest BCUT2D eigenvalue weighted by atomic mass is 10.0. The molecule has 2 heterocycles. The van der Waals surface area contributed by atoms with E-state index in [1.54, 1.807) is 12.1 Å². The summed E-state index contributed by atoms with van der Waals surface area (Å²) < 4.78 is 42.4. The summed E-state index contributed by atoms with van der Waals surface area (Å²) in [6, 6.07) is 5.92. The number of aromatic nitrogens is 1. The Kier molecular flexibility index (Phi) is 7.18. The molecule has 0 saturated heterocycles. The predicted molar refractivity (Wildman–Crippen MR) is 126 cm³/mol. The molecule has 11 heteroatoms. The smallest absolute Gasteiger partial charge is 0.257 e. The zero-order chi connectivity index (χ0) is 26.1. The molecule has 0 spiro atoms. The zero-order valence-corrected chi connectivity index (χ0v) is 19.8. The van der Waals surface area contributed by atoms with E-state index in [1.165, 1.54) is 4.57 Å². The molecule has 0 aliphatic carbocycles. The Balaban J connectivity index is 1.71. The minimum atomic E-state index is -1.21. The molecular formula is C25H21ClF3N3O4. The van der Waals surface area contributed by atoms with Gasteiger partial charge in [-0.2, -0.15) is 0 Å². The molecule has 36 heavy (non-hydrogen) atoms. The number of hydrogen-bond acceptors (Lipinski definition) is 5. The molecule has 0 radical (unpaired) electrons. The fraction of sp³-hybridized carbons (Fsp3) is 0.240. The van der Waals surface area contributed by atoms with E-state index < -0.39 is 58.3 Å². The van der Waals surface area contributed by atoms with E-state index in [0.717, 1.165) is 17.3 Å².